The van der Waals surface area contributed by atoms with Gasteiger partial charge in [0, 0.05) is 5.92 Å². The first-order valence-corrected chi connectivity index (χ1v) is 3.11. The molecule has 0 spiro atoms. The molecule has 0 saturated heterocycles. The molecule has 1 fully saturated rings. The summed E-state index contributed by atoms with van der Waals surface area (Å²) in [6.45, 7) is 1.98. The summed E-state index contributed by atoms with van der Waals surface area (Å²) in [6.07, 6.45) is 1.02. The lowest BCUT2D eigenvalue weighted by Gasteiger charge is -2.37. The Kier molecular flexibility index (Phi) is 1.54. The number of aliphatic hydroxyl groups excluding tert-OH is 2. The Morgan fingerprint density at radius 1 is 1.38 bits per heavy atom. The van der Waals surface area contributed by atoms with Gasteiger partial charge < -0.3 is 10.2 Å². The monoisotopic (exact) mass is 116 g/mol. The molecule has 0 aromatic heterocycles. The van der Waals surface area contributed by atoms with Gasteiger partial charge in [-0.15, -0.1) is 0 Å². The molecule has 2 N–H and O–H groups in total. The van der Waals surface area contributed by atoms with E-state index in [0.717, 1.165) is 6.42 Å². The molecule has 2 atom stereocenters. The second kappa shape index (κ2) is 2.03. The van der Waals surface area contributed by atoms with Crippen LogP contribution >= 0.6 is 0 Å². The molecular weight excluding hydrogens is 104 g/mol. The van der Waals surface area contributed by atoms with Gasteiger partial charge in [0.05, 0.1) is 12.2 Å². The third-order valence-electron chi connectivity index (χ3n) is 1.94. The van der Waals surface area contributed by atoms with Gasteiger partial charge in [-0.1, -0.05) is 6.92 Å². The first kappa shape index (κ1) is 6.05. The van der Waals surface area contributed by atoms with Crippen LogP contribution in [0.5, 0.6) is 0 Å². The molecule has 0 aromatic rings. The summed E-state index contributed by atoms with van der Waals surface area (Å²) in [7, 11) is 0. The predicted octanol–water partition coefficient (Wildman–Crippen LogP) is 0.138. The van der Waals surface area contributed by atoms with Gasteiger partial charge in [-0.25, -0.2) is 0 Å². The van der Waals surface area contributed by atoms with Crippen LogP contribution in [0.2, 0.25) is 0 Å². The largest absolute Gasteiger partial charge is 0.393 e. The SMILES string of the molecule is CCC1C(O)CC1O. The van der Waals surface area contributed by atoms with Crippen LogP contribution in [0.15, 0.2) is 0 Å². The fourth-order valence-corrected chi connectivity index (χ4v) is 1.20. The Morgan fingerprint density at radius 2 is 1.88 bits per heavy atom. The van der Waals surface area contributed by atoms with Crippen molar-refractivity contribution in [2.24, 2.45) is 5.92 Å². The fourth-order valence-electron chi connectivity index (χ4n) is 1.20. The fraction of sp³-hybridized carbons (Fsp3) is 1.00. The normalized spacial score (nSPS) is 46.1. The van der Waals surface area contributed by atoms with Crippen LogP contribution in [0, 0.1) is 5.92 Å². The lowest BCUT2D eigenvalue weighted by Crippen LogP contribution is -2.44. The Morgan fingerprint density at radius 3 is 2.00 bits per heavy atom. The van der Waals surface area contributed by atoms with Crippen molar-refractivity contribution in [3.63, 3.8) is 0 Å². The predicted molar refractivity (Wildman–Crippen MR) is 30.4 cm³/mol. The first-order valence-electron chi connectivity index (χ1n) is 3.11. The molecule has 0 bridgehead atoms. The number of hydrogen-bond donors (Lipinski definition) is 2. The van der Waals surface area contributed by atoms with E-state index >= 15 is 0 Å². The summed E-state index contributed by atoms with van der Waals surface area (Å²) < 4.78 is 0. The maximum atomic E-state index is 8.92. The molecule has 1 aliphatic carbocycles. The summed E-state index contributed by atoms with van der Waals surface area (Å²) in [5, 5.41) is 17.8. The lowest BCUT2D eigenvalue weighted by atomic mass is 9.77. The summed E-state index contributed by atoms with van der Waals surface area (Å²) in [4.78, 5) is 0. The summed E-state index contributed by atoms with van der Waals surface area (Å²) in [6, 6.07) is 0. The van der Waals surface area contributed by atoms with E-state index in [4.69, 9.17) is 10.2 Å². The van der Waals surface area contributed by atoms with Gasteiger partial charge in [0.1, 0.15) is 0 Å². The summed E-state index contributed by atoms with van der Waals surface area (Å²) in [5.41, 5.74) is 0. The average Bonchev–Trinajstić information content (AvgIpc) is 1.67. The lowest BCUT2D eigenvalue weighted by molar-refractivity contribution is -0.0921. The highest BCUT2D eigenvalue weighted by Gasteiger charge is 2.36. The van der Waals surface area contributed by atoms with E-state index in [1.54, 1.807) is 0 Å². The van der Waals surface area contributed by atoms with E-state index in [0.29, 0.717) is 6.42 Å². The third kappa shape index (κ3) is 0.740. The molecule has 0 radical (unpaired) electrons. The third-order valence-corrected chi connectivity index (χ3v) is 1.94. The molecule has 0 amide bonds. The maximum Gasteiger partial charge on any atom is 0.0617 e. The van der Waals surface area contributed by atoms with Crippen molar-refractivity contribution in [2.45, 2.75) is 32.0 Å². The molecule has 1 saturated carbocycles. The van der Waals surface area contributed by atoms with Gasteiger partial charge >= 0.3 is 0 Å². The Labute approximate surface area is 49.1 Å². The molecule has 0 aromatic carbocycles. The van der Waals surface area contributed by atoms with Crippen molar-refractivity contribution < 1.29 is 10.2 Å². The van der Waals surface area contributed by atoms with Crippen molar-refractivity contribution in [1.82, 2.24) is 0 Å². The quantitative estimate of drug-likeness (QED) is 0.511. The van der Waals surface area contributed by atoms with E-state index in [1.807, 2.05) is 6.92 Å². The van der Waals surface area contributed by atoms with E-state index in [9.17, 15) is 0 Å². The summed E-state index contributed by atoms with van der Waals surface area (Å²) >= 11 is 0. The first-order chi connectivity index (χ1) is 3.75. The smallest absolute Gasteiger partial charge is 0.0617 e. The molecule has 0 heterocycles. The maximum absolute atomic E-state index is 8.92. The van der Waals surface area contributed by atoms with Crippen molar-refractivity contribution in [3.05, 3.63) is 0 Å². The average molecular weight is 116 g/mol. The zero-order valence-electron chi connectivity index (χ0n) is 5.04. The Bertz CT molecular complexity index is 74.6. The number of hydrogen-bond acceptors (Lipinski definition) is 2. The van der Waals surface area contributed by atoms with E-state index in [2.05, 4.69) is 0 Å². The molecular formula is C6H12O2. The van der Waals surface area contributed by atoms with Gasteiger partial charge in [0.15, 0.2) is 0 Å². The van der Waals surface area contributed by atoms with Crippen LogP contribution in [0.4, 0.5) is 0 Å². The summed E-state index contributed by atoms with van der Waals surface area (Å²) in [5.74, 6) is 0.162. The number of rotatable bonds is 1. The highest BCUT2D eigenvalue weighted by Crippen LogP contribution is 2.30. The van der Waals surface area contributed by atoms with Crippen LogP contribution in [-0.4, -0.2) is 22.4 Å². The second-order valence-corrected chi connectivity index (χ2v) is 2.44. The molecule has 0 aliphatic heterocycles. The van der Waals surface area contributed by atoms with Crippen molar-refractivity contribution in [3.8, 4) is 0 Å². The highest BCUT2D eigenvalue weighted by atomic mass is 16.3. The molecule has 1 rings (SSSR count). The van der Waals surface area contributed by atoms with Gasteiger partial charge in [-0.3, -0.25) is 0 Å². The van der Waals surface area contributed by atoms with Gasteiger partial charge in [-0.2, -0.15) is 0 Å². The van der Waals surface area contributed by atoms with E-state index in [1.165, 1.54) is 0 Å². The van der Waals surface area contributed by atoms with Gasteiger partial charge in [0.2, 0.25) is 0 Å². The zero-order chi connectivity index (χ0) is 6.15. The van der Waals surface area contributed by atoms with Crippen molar-refractivity contribution in [1.29, 1.82) is 0 Å². The topological polar surface area (TPSA) is 40.5 Å². The minimum atomic E-state index is -0.227. The van der Waals surface area contributed by atoms with Crippen LogP contribution in [0.1, 0.15) is 19.8 Å². The van der Waals surface area contributed by atoms with Gasteiger partial charge in [0.25, 0.3) is 0 Å². The van der Waals surface area contributed by atoms with E-state index < -0.39 is 0 Å². The Balaban J connectivity index is 2.29. The molecule has 2 heteroatoms. The molecule has 48 valence electrons. The number of aliphatic hydroxyl groups is 2. The standard InChI is InChI=1S/C6H12O2/c1-2-4-5(7)3-6(4)8/h4-8H,2-3H2,1H3. The van der Waals surface area contributed by atoms with Gasteiger partial charge in [-0.05, 0) is 12.8 Å². The van der Waals surface area contributed by atoms with Crippen LogP contribution in [0.25, 0.3) is 0 Å². The van der Waals surface area contributed by atoms with Crippen molar-refractivity contribution in [2.75, 3.05) is 0 Å². The minimum absolute atomic E-state index is 0.162. The Hall–Kier alpha value is -0.0800. The van der Waals surface area contributed by atoms with E-state index in [-0.39, 0.29) is 18.1 Å². The van der Waals surface area contributed by atoms with Crippen molar-refractivity contribution >= 4 is 0 Å². The second-order valence-electron chi connectivity index (χ2n) is 2.44. The molecule has 2 unspecified atom stereocenters. The van der Waals surface area contributed by atoms with Crippen LogP contribution in [0.3, 0.4) is 0 Å². The van der Waals surface area contributed by atoms with Crippen LogP contribution < -0.4 is 0 Å². The molecule has 2 nitrogen and oxygen atoms in total. The molecule has 8 heavy (non-hydrogen) atoms. The zero-order valence-corrected chi connectivity index (χ0v) is 5.04. The molecule has 1 aliphatic rings. The minimum Gasteiger partial charge on any atom is -0.393 e. The van der Waals surface area contributed by atoms with Crippen LogP contribution in [-0.2, 0) is 0 Å². The highest BCUT2D eigenvalue weighted by molar-refractivity contribution is 4.87.